The zero-order valence-electron chi connectivity index (χ0n) is 13.1. The van der Waals surface area contributed by atoms with Gasteiger partial charge < -0.3 is 5.11 Å². The molecule has 1 N–H and O–H groups in total. The lowest BCUT2D eigenvalue weighted by atomic mass is 9.90. The molecule has 9 heteroatoms. The van der Waals surface area contributed by atoms with E-state index >= 15 is 0 Å². The summed E-state index contributed by atoms with van der Waals surface area (Å²) in [6.45, 7) is 3.04. The number of carbonyl (C=O) groups is 1. The fourth-order valence-electron chi connectivity index (χ4n) is 2.53. The second-order valence-corrected chi connectivity index (χ2v) is 10.1. The van der Waals surface area contributed by atoms with E-state index < -0.39 is 31.2 Å². The molecule has 1 unspecified atom stereocenters. The van der Waals surface area contributed by atoms with Crippen LogP contribution in [0, 0.1) is 12.3 Å². The summed E-state index contributed by atoms with van der Waals surface area (Å²) in [6.07, 6.45) is 1.22. The van der Waals surface area contributed by atoms with Crippen molar-refractivity contribution in [3.05, 3.63) is 23.8 Å². The van der Waals surface area contributed by atoms with Crippen molar-refractivity contribution in [3.63, 3.8) is 0 Å². The minimum atomic E-state index is -3.95. The van der Waals surface area contributed by atoms with E-state index in [9.17, 15) is 26.7 Å². The summed E-state index contributed by atoms with van der Waals surface area (Å²) in [5, 5.41) is 9.23. The summed E-state index contributed by atoms with van der Waals surface area (Å²) in [7, 11) is -7.49. The van der Waals surface area contributed by atoms with Crippen molar-refractivity contribution >= 4 is 25.8 Å². The number of rotatable bonds is 4. The third-order valence-electron chi connectivity index (χ3n) is 4.16. The first-order valence-corrected chi connectivity index (χ1v) is 10.3. The number of sulfone groups is 1. The molecule has 0 radical (unpaired) electrons. The van der Waals surface area contributed by atoms with Crippen LogP contribution < -0.4 is 0 Å². The summed E-state index contributed by atoms with van der Waals surface area (Å²) in [6, 6.07) is 3.93. The third kappa shape index (κ3) is 3.26. The molecule has 0 aromatic heterocycles. The van der Waals surface area contributed by atoms with Crippen molar-refractivity contribution in [1.82, 2.24) is 4.31 Å². The Morgan fingerprint density at radius 3 is 2.35 bits per heavy atom. The van der Waals surface area contributed by atoms with Gasteiger partial charge in [0.1, 0.15) is 0 Å². The zero-order chi connectivity index (χ0) is 17.6. The van der Waals surface area contributed by atoms with Crippen LogP contribution in [0.4, 0.5) is 0 Å². The van der Waals surface area contributed by atoms with Gasteiger partial charge in [-0.25, -0.2) is 16.8 Å². The lowest BCUT2D eigenvalue weighted by Gasteiger charge is -2.21. The molecule has 1 aromatic rings. The molecule has 2 rings (SSSR count). The van der Waals surface area contributed by atoms with Crippen LogP contribution >= 0.6 is 0 Å². The van der Waals surface area contributed by atoms with E-state index in [2.05, 4.69) is 0 Å². The van der Waals surface area contributed by atoms with Crippen LogP contribution in [-0.2, 0) is 24.7 Å². The Kier molecular flexibility index (Phi) is 4.33. The molecule has 1 fully saturated rings. The van der Waals surface area contributed by atoms with Crippen LogP contribution in [0.15, 0.2) is 28.0 Å². The monoisotopic (exact) mass is 361 g/mol. The highest BCUT2D eigenvalue weighted by Crippen LogP contribution is 2.34. The van der Waals surface area contributed by atoms with Crippen LogP contribution in [0.3, 0.4) is 0 Å². The Morgan fingerprint density at radius 2 is 1.87 bits per heavy atom. The number of hydrogen-bond donors (Lipinski definition) is 1. The molecule has 1 heterocycles. The van der Waals surface area contributed by atoms with Gasteiger partial charge in [0.05, 0.1) is 15.2 Å². The number of carboxylic acids is 1. The average molecular weight is 361 g/mol. The Hall–Kier alpha value is -1.45. The van der Waals surface area contributed by atoms with Gasteiger partial charge in [0, 0.05) is 19.3 Å². The minimum absolute atomic E-state index is 0.0816. The largest absolute Gasteiger partial charge is 0.481 e. The summed E-state index contributed by atoms with van der Waals surface area (Å²) >= 11 is 0. The van der Waals surface area contributed by atoms with Crippen molar-refractivity contribution in [2.45, 2.75) is 30.1 Å². The molecule has 23 heavy (non-hydrogen) atoms. The zero-order valence-corrected chi connectivity index (χ0v) is 14.7. The highest BCUT2D eigenvalue weighted by atomic mass is 32.2. The second kappa shape index (κ2) is 5.57. The third-order valence-corrected chi connectivity index (χ3v) is 7.26. The molecule has 0 bridgehead atoms. The topological polar surface area (TPSA) is 109 Å². The van der Waals surface area contributed by atoms with Gasteiger partial charge >= 0.3 is 5.97 Å². The SMILES string of the molecule is Cc1ccc(S(C)(=O)=O)cc1S(=O)(=O)N1CCC(C)(C(=O)O)C1. The first-order valence-electron chi connectivity index (χ1n) is 6.92. The summed E-state index contributed by atoms with van der Waals surface area (Å²) in [5.74, 6) is -1.04. The molecular weight excluding hydrogens is 342 g/mol. The molecule has 1 atom stereocenters. The van der Waals surface area contributed by atoms with Crippen molar-refractivity contribution in [3.8, 4) is 0 Å². The standard InChI is InChI=1S/C14H19NO6S2/c1-10-4-5-11(22(3,18)19)8-12(10)23(20,21)15-7-6-14(2,9-15)13(16)17/h4-5,8H,6-7,9H2,1-3H3,(H,16,17). The number of aryl methyl sites for hydroxylation is 1. The van der Waals surface area contributed by atoms with E-state index in [1.807, 2.05) is 0 Å². The van der Waals surface area contributed by atoms with Crippen LogP contribution in [0.25, 0.3) is 0 Å². The summed E-state index contributed by atoms with van der Waals surface area (Å²) in [4.78, 5) is 11.1. The van der Waals surface area contributed by atoms with E-state index in [1.165, 1.54) is 19.1 Å². The smallest absolute Gasteiger partial charge is 0.310 e. The van der Waals surface area contributed by atoms with Gasteiger partial charge in [-0.2, -0.15) is 4.31 Å². The number of hydrogen-bond acceptors (Lipinski definition) is 5. The van der Waals surface area contributed by atoms with Crippen LogP contribution in [0.2, 0.25) is 0 Å². The van der Waals surface area contributed by atoms with E-state index in [0.29, 0.717) is 5.56 Å². The predicted molar refractivity (Wildman–Crippen MR) is 83.4 cm³/mol. The van der Waals surface area contributed by atoms with E-state index in [1.54, 1.807) is 6.92 Å². The molecule has 128 valence electrons. The normalized spacial score (nSPS) is 23.1. The summed E-state index contributed by atoms with van der Waals surface area (Å²) in [5.41, 5.74) is -0.712. The van der Waals surface area contributed by atoms with E-state index in [4.69, 9.17) is 0 Å². The maximum Gasteiger partial charge on any atom is 0.310 e. The average Bonchev–Trinajstić information content (AvgIpc) is 2.82. The van der Waals surface area contributed by atoms with Gasteiger partial charge in [-0.1, -0.05) is 6.07 Å². The van der Waals surface area contributed by atoms with Crippen molar-refractivity contribution < 1.29 is 26.7 Å². The first-order chi connectivity index (χ1) is 10.4. The lowest BCUT2D eigenvalue weighted by Crippen LogP contribution is -2.35. The molecule has 1 aromatic carbocycles. The first kappa shape index (κ1) is 17.9. The number of aliphatic carboxylic acids is 1. The van der Waals surface area contributed by atoms with E-state index in [-0.39, 0.29) is 29.3 Å². The maximum absolute atomic E-state index is 12.8. The van der Waals surface area contributed by atoms with Gasteiger partial charge in [-0.15, -0.1) is 0 Å². The molecule has 0 saturated carbocycles. The van der Waals surface area contributed by atoms with Crippen LogP contribution in [0.1, 0.15) is 18.9 Å². The van der Waals surface area contributed by atoms with E-state index in [0.717, 1.165) is 16.6 Å². The molecule has 7 nitrogen and oxygen atoms in total. The fourth-order valence-corrected chi connectivity index (χ4v) is 5.06. The lowest BCUT2D eigenvalue weighted by molar-refractivity contribution is -0.146. The fraction of sp³-hybridized carbons (Fsp3) is 0.500. The number of nitrogens with zero attached hydrogens (tertiary/aromatic N) is 1. The molecule has 0 aliphatic carbocycles. The second-order valence-electron chi connectivity index (χ2n) is 6.15. The Bertz CT molecular complexity index is 859. The molecule has 0 amide bonds. The van der Waals surface area contributed by atoms with Crippen LogP contribution in [-0.4, -0.2) is 51.6 Å². The number of benzene rings is 1. The van der Waals surface area contributed by atoms with Gasteiger partial charge in [0.15, 0.2) is 9.84 Å². The van der Waals surface area contributed by atoms with Gasteiger partial charge in [-0.05, 0) is 38.0 Å². The molecule has 1 saturated heterocycles. The highest BCUT2D eigenvalue weighted by Gasteiger charge is 2.45. The Labute approximate surface area is 135 Å². The summed E-state index contributed by atoms with van der Waals surface area (Å²) < 4.78 is 50.0. The molecule has 0 spiro atoms. The minimum Gasteiger partial charge on any atom is -0.481 e. The molecular formula is C14H19NO6S2. The number of carboxylic acid groups (broad SMARTS) is 1. The number of sulfonamides is 1. The quantitative estimate of drug-likeness (QED) is 0.853. The molecule has 1 aliphatic rings. The van der Waals surface area contributed by atoms with Crippen molar-refractivity contribution in [2.75, 3.05) is 19.3 Å². The highest BCUT2D eigenvalue weighted by molar-refractivity contribution is 7.91. The van der Waals surface area contributed by atoms with Crippen molar-refractivity contribution in [2.24, 2.45) is 5.41 Å². The Balaban J connectivity index is 2.48. The van der Waals surface area contributed by atoms with Gasteiger partial charge in [0.2, 0.25) is 10.0 Å². The van der Waals surface area contributed by atoms with Gasteiger partial charge in [0.25, 0.3) is 0 Å². The Morgan fingerprint density at radius 1 is 1.26 bits per heavy atom. The van der Waals surface area contributed by atoms with Crippen LogP contribution in [0.5, 0.6) is 0 Å². The van der Waals surface area contributed by atoms with Gasteiger partial charge in [-0.3, -0.25) is 4.79 Å². The maximum atomic E-state index is 12.8. The molecule has 1 aliphatic heterocycles. The predicted octanol–water partition coefficient (Wildman–Crippen LogP) is 0.884. The van der Waals surface area contributed by atoms with Crippen molar-refractivity contribution in [1.29, 1.82) is 0 Å².